The van der Waals surface area contributed by atoms with Crippen LogP contribution in [0.4, 0.5) is 0 Å². The van der Waals surface area contributed by atoms with Gasteiger partial charge in [-0.05, 0) is 43.9 Å². The second-order valence-corrected chi connectivity index (χ2v) is 5.42. The summed E-state index contributed by atoms with van der Waals surface area (Å²) >= 11 is 0. The molecule has 4 heteroatoms. The fourth-order valence-corrected chi connectivity index (χ4v) is 1.99. The van der Waals surface area contributed by atoms with E-state index in [0.29, 0.717) is 17.4 Å². The van der Waals surface area contributed by atoms with E-state index in [0.717, 1.165) is 12.8 Å². The average molecular weight is 280 g/mol. The van der Waals surface area contributed by atoms with Crippen molar-refractivity contribution in [2.45, 2.75) is 46.1 Å². The lowest BCUT2D eigenvalue weighted by molar-refractivity contribution is 0.0696. The molecule has 0 heterocycles. The van der Waals surface area contributed by atoms with Crippen LogP contribution in [0.5, 0.6) is 11.5 Å². The van der Waals surface area contributed by atoms with Gasteiger partial charge >= 0.3 is 5.97 Å². The van der Waals surface area contributed by atoms with Crippen LogP contribution in [0.3, 0.4) is 0 Å². The summed E-state index contributed by atoms with van der Waals surface area (Å²) < 4.78 is 11.0. The molecule has 0 fully saturated rings. The standard InChI is InChI=1S/C16H24O4/c1-11(2)6-5-7-12(3)20-14-9-8-13(16(17)18)10-15(14)19-4/h8-12H,5-7H2,1-4H3,(H,17,18). The summed E-state index contributed by atoms with van der Waals surface area (Å²) in [4.78, 5) is 10.9. The number of carboxylic acid groups (broad SMARTS) is 1. The number of ether oxygens (including phenoxy) is 2. The van der Waals surface area contributed by atoms with Gasteiger partial charge in [0.1, 0.15) is 0 Å². The minimum atomic E-state index is -0.972. The fraction of sp³-hybridized carbons (Fsp3) is 0.562. The first-order chi connectivity index (χ1) is 9.43. The minimum Gasteiger partial charge on any atom is -0.493 e. The monoisotopic (exact) mass is 280 g/mol. The molecule has 0 spiro atoms. The molecule has 1 rings (SSSR count). The number of carboxylic acids is 1. The molecule has 0 aromatic heterocycles. The van der Waals surface area contributed by atoms with Crippen LogP contribution >= 0.6 is 0 Å². The van der Waals surface area contributed by atoms with Crippen molar-refractivity contribution in [1.29, 1.82) is 0 Å². The van der Waals surface area contributed by atoms with Gasteiger partial charge < -0.3 is 14.6 Å². The third kappa shape index (κ3) is 5.11. The van der Waals surface area contributed by atoms with Gasteiger partial charge in [-0.15, -0.1) is 0 Å². The van der Waals surface area contributed by atoms with E-state index in [-0.39, 0.29) is 11.7 Å². The third-order valence-corrected chi connectivity index (χ3v) is 3.13. The summed E-state index contributed by atoms with van der Waals surface area (Å²) in [5.41, 5.74) is 0.196. The molecule has 0 aliphatic rings. The number of hydrogen-bond acceptors (Lipinski definition) is 3. The van der Waals surface area contributed by atoms with Gasteiger partial charge in [-0.1, -0.05) is 20.3 Å². The zero-order valence-corrected chi connectivity index (χ0v) is 12.7. The Labute approximate surface area is 120 Å². The lowest BCUT2D eigenvalue weighted by atomic mass is 10.0. The van der Waals surface area contributed by atoms with Crippen molar-refractivity contribution >= 4 is 5.97 Å². The van der Waals surface area contributed by atoms with E-state index < -0.39 is 5.97 Å². The highest BCUT2D eigenvalue weighted by molar-refractivity contribution is 5.88. The molecule has 0 aliphatic heterocycles. The molecule has 0 amide bonds. The summed E-state index contributed by atoms with van der Waals surface area (Å²) in [6.07, 6.45) is 3.36. The zero-order chi connectivity index (χ0) is 15.1. The van der Waals surface area contributed by atoms with Gasteiger partial charge in [0.25, 0.3) is 0 Å². The minimum absolute atomic E-state index is 0.0818. The molecule has 0 bridgehead atoms. The number of carbonyl (C=O) groups is 1. The summed E-state index contributed by atoms with van der Waals surface area (Å²) in [5, 5.41) is 8.95. The van der Waals surface area contributed by atoms with Crippen LogP contribution in [0.2, 0.25) is 0 Å². The van der Waals surface area contributed by atoms with Crippen molar-refractivity contribution in [3.63, 3.8) is 0 Å². The predicted octanol–water partition coefficient (Wildman–Crippen LogP) is 3.99. The molecule has 1 aromatic carbocycles. The van der Waals surface area contributed by atoms with Gasteiger partial charge in [-0.2, -0.15) is 0 Å². The summed E-state index contributed by atoms with van der Waals surface area (Å²) in [7, 11) is 1.51. The van der Waals surface area contributed by atoms with Crippen LogP contribution in [0.1, 0.15) is 50.4 Å². The van der Waals surface area contributed by atoms with Crippen LogP contribution in [0.15, 0.2) is 18.2 Å². The average Bonchev–Trinajstić information content (AvgIpc) is 2.38. The lowest BCUT2D eigenvalue weighted by Crippen LogP contribution is -2.13. The summed E-state index contributed by atoms with van der Waals surface area (Å²) in [6.45, 7) is 6.43. The van der Waals surface area contributed by atoms with E-state index in [1.807, 2.05) is 6.92 Å². The Morgan fingerprint density at radius 2 is 1.90 bits per heavy atom. The Morgan fingerprint density at radius 1 is 1.20 bits per heavy atom. The van der Waals surface area contributed by atoms with Gasteiger partial charge in [0, 0.05) is 0 Å². The van der Waals surface area contributed by atoms with Gasteiger partial charge in [0.2, 0.25) is 0 Å². The van der Waals surface area contributed by atoms with Crippen LogP contribution in [0, 0.1) is 5.92 Å². The number of methoxy groups -OCH3 is 1. The molecule has 20 heavy (non-hydrogen) atoms. The van der Waals surface area contributed by atoms with Crippen molar-refractivity contribution < 1.29 is 19.4 Å². The Hall–Kier alpha value is -1.71. The second kappa shape index (κ2) is 7.78. The van der Waals surface area contributed by atoms with Gasteiger partial charge in [0.15, 0.2) is 11.5 Å². The van der Waals surface area contributed by atoms with E-state index in [9.17, 15) is 4.79 Å². The van der Waals surface area contributed by atoms with Crippen LogP contribution < -0.4 is 9.47 Å². The molecule has 0 aliphatic carbocycles. The van der Waals surface area contributed by atoms with Crippen LogP contribution in [-0.2, 0) is 0 Å². The molecule has 0 saturated heterocycles. The highest BCUT2D eigenvalue weighted by Crippen LogP contribution is 2.29. The largest absolute Gasteiger partial charge is 0.493 e. The molecule has 4 nitrogen and oxygen atoms in total. The predicted molar refractivity (Wildman–Crippen MR) is 78.7 cm³/mol. The van der Waals surface area contributed by atoms with E-state index >= 15 is 0 Å². The molecule has 0 radical (unpaired) electrons. The molecule has 1 N–H and O–H groups in total. The van der Waals surface area contributed by atoms with Gasteiger partial charge in [-0.3, -0.25) is 0 Å². The van der Waals surface area contributed by atoms with Crippen molar-refractivity contribution in [1.82, 2.24) is 0 Å². The highest BCUT2D eigenvalue weighted by atomic mass is 16.5. The Bertz CT molecular complexity index is 440. The molecule has 112 valence electrons. The number of aromatic carboxylic acids is 1. The van der Waals surface area contributed by atoms with Crippen molar-refractivity contribution in [2.24, 2.45) is 5.92 Å². The SMILES string of the molecule is COc1cc(C(=O)O)ccc1OC(C)CCCC(C)C. The van der Waals surface area contributed by atoms with E-state index in [1.54, 1.807) is 6.07 Å². The summed E-state index contributed by atoms with van der Waals surface area (Å²) in [6, 6.07) is 4.67. The number of rotatable bonds is 8. The first kappa shape index (κ1) is 16.3. The molecular formula is C16H24O4. The normalized spacial score (nSPS) is 12.2. The van der Waals surface area contributed by atoms with Crippen LogP contribution in [-0.4, -0.2) is 24.3 Å². The maximum atomic E-state index is 10.9. The summed E-state index contributed by atoms with van der Waals surface area (Å²) in [5.74, 6) is 0.779. The van der Waals surface area contributed by atoms with E-state index in [2.05, 4.69) is 13.8 Å². The van der Waals surface area contributed by atoms with Crippen molar-refractivity contribution in [2.75, 3.05) is 7.11 Å². The maximum absolute atomic E-state index is 10.9. The fourth-order valence-electron chi connectivity index (χ4n) is 1.99. The second-order valence-electron chi connectivity index (χ2n) is 5.42. The number of hydrogen-bond donors (Lipinski definition) is 1. The molecule has 1 atom stereocenters. The third-order valence-electron chi connectivity index (χ3n) is 3.13. The van der Waals surface area contributed by atoms with Gasteiger partial charge in [0.05, 0.1) is 18.8 Å². The molecule has 1 unspecified atom stereocenters. The highest BCUT2D eigenvalue weighted by Gasteiger charge is 2.12. The zero-order valence-electron chi connectivity index (χ0n) is 12.7. The van der Waals surface area contributed by atoms with Crippen molar-refractivity contribution in [3.05, 3.63) is 23.8 Å². The molecule has 0 saturated carbocycles. The quantitative estimate of drug-likeness (QED) is 0.782. The molecule has 1 aromatic rings. The molecular weight excluding hydrogens is 256 g/mol. The van der Waals surface area contributed by atoms with E-state index in [1.165, 1.54) is 25.7 Å². The number of benzene rings is 1. The van der Waals surface area contributed by atoms with Crippen LogP contribution in [0.25, 0.3) is 0 Å². The maximum Gasteiger partial charge on any atom is 0.335 e. The van der Waals surface area contributed by atoms with Crippen molar-refractivity contribution in [3.8, 4) is 11.5 Å². The van der Waals surface area contributed by atoms with Gasteiger partial charge in [-0.25, -0.2) is 4.79 Å². The van der Waals surface area contributed by atoms with E-state index in [4.69, 9.17) is 14.6 Å². The lowest BCUT2D eigenvalue weighted by Gasteiger charge is -2.17. The first-order valence-corrected chi connectivity index (χ1v) is 7.02. The topological polar surface area (TPSA) is 55.8 Å². The Kier molecular flexibility index (Phi) is 6.36. The first-order valence-electron chi connectivity index (χ1n) is 7.02. The Balaban J connectivity index is 2.64. The smallest absolute Gasteiger partial charge is 0.335 e. The Morgan fingerprint density at radius 3 is 2.45 bits per heavy atom.